The Hall–Kier alpha value is -2.96. The number of carbonyl (C=O) groups is 1. The van der Waals surface area contributed by atoms with Gasteiger partial charge in [0.1, 0.15) is 0 Å². The number of nitrogens with one attached hydrogen (secondary N) is 1. The highest BCUT2D eigenvalue weighted by molar-refractivity contribution is 5.89. The summed E-state index contributed by atoms with van der Waals surface area (Å²) in [5.74, 6) is -1.27. The number of nitrogens with two attached hydrogens (primary N) is 1. The number of H-pyrrole nitrogens is 1. The third-order valence-electron chi connectivity index (χ3n) is 2.59. The first-order valence-electron chi connectivity index (χ1n) is 5.39. The number of carbonyl (C=O) groups excluding carboxylic acids is 1. The third-order valence-corrected chi connectivity index (χ3v) is 2.59. The van der Waals surface area contributed by atoms with Gasteiger partial charge in [-0.15, -0.1) is 0 Å². The van der Waals surface area contributed by atoms with Crippen LogP contribution in [0.25, 0.3) is 22.4 Å². The molecule has 0 saturated carbocycles. The second kappa shape index (κ2) is 4.05. The maximum absolute atomic E-state index is 11.1. The van der Waals surface area contributed by atoms with Crippen molar-refractivity contribution in [2.45, 2.75) is 0 Å². The summed E-state index contributed by atoms with van der Waals surface area (Å²) in [4.78, 5) is 32.5. The zero-order valence-corrected chi connectivity index (χ0v) is 9.58. The minimum absolute atomic E-state index is 0.0571. The van der Waals surface area contributed by atoms with Gasteiger partial charge in [0, 0.05) is 11.8 Å². The van der Waals surface area contributed by atoms with Crippen molar-refractivity contribution in [3.8, 4) is 11.3 Å². The first-order valence-corrected chi connectivity index (χ1v) is 5.39. The SMILES string of the molecule is NC(=O)c1nccc(-c2ccc3oc(=O)[nH]c3c2)n1. The molecule has 19 heavy (non-hydrogen) atoms. The second-order valence-corrected chi connectivity index (χ2v) is 3.86. The lowest BCUT2D eigenvalue weighted by Crippen LogP contribution is -2.15. The Kier molecular flexibility index (Phi) is 2.38. The predicted molar refractivity (Wildman–Crippen MR) is 66.4 cm³/mol. The molecule has 3 N–H and O–H groups in total. The van der Waals surface area contributed by atoms with E-state index in [1.54, 1.807) is 24.3 Å². The standard InChI is InChI=1S/C12H8N4O3/c13-10(17)11-14-4-3-7(15-11)6-1-2-9-8(5-6)16-12(18)19-9/h1-5H,(H2,13,17)(H,16,18). The number of amides is 1. The molecule has 94 valence electrons. The topological polar surface area (TPSA) is 115 Å². The molecule has 2 heterocycles. The van der Waals surface area contributed by atoms with Crippen LogP contribution in [0, 0.1) is 0 Å². The fraction of sp³-hybridized carbons (Fsp3) is 0. The molecule has 1 aromatic carbocycles. The molecule has 0 bridgehead atoms. The van der Waals surface area contributed by atoms with E-state index in [1.807, 2.05) is 0 Å². The number of aromatic nitrogens is 3. The summed E-state index contributed by atoms with van der Waals surface area (Å²) in [6.07, 6.45) is 1.45. The number of rotatable bonds is 2. The van der Waals surface area contributed by atoms with Crippen molar-refractivity contribution < 1.29 is 9.21 Å². The van der Waals surface area contributed by atoms with Crippen molar-refractivity contribution in [1.29, 1.82) is 0 Å². The van der Waals surface area contributed by atoms with Crippen LogP contribution in [0.15, 0.2) is 39.7 Å². The van der Waals surface area contributed by atoms with E-state index in [9.17, 15) is 9.59 Å². The maximum Gasteiger partial charge on any atom is 0.417 e. The Morgan fingerprint density at radius 3 is 2.95 bits per heavy atom. The van der Waals surface area contributed by atoms with Crippen molar-refractivity contribution in [3.63, 3.8) is 0 Å². The van der Waals surface area contributed by atoms with Crippen LogP contribution >= 0.6 is 0 Å². The Labute approximate surface area is 106 Å². The van der Waals surface area contributed by atoms with E-state index in [4.69, 9.17) is 10.2 Å². The average molecular weight is 256 g/mol. The lowest BCUT2D eigenvalue weighted by molar-refractivity contribution is 0.0990. The van der Waals surface area contributed by atoms with Crippen LogP contribution in [0.1, 0.15) is 10.6 Å². The molecule has 3 rings (SSSR count). The van der Waals surface area contributed by atoms with Gasteiger partial charge in [-0.1, -0.05) is 0 Å². The van der Waals surface area contributed by atoms with Crippen LogP contribution in [-0.2, 0) is 0 Å². The van der Waals surface area contributed by atoms with Crippen molar-refractivity contribution in [1.82, 2.24) is 15.0 Å². The van der Waals surface area contributed by atoms with Crippen molar-refractivity contribution >= 4 is 17.0 Å². The quantitative estimate of drug-likeness (QED) is 0.699. The van der Waals surface area contributed by atoms with E-state index in [0.717, 1.165) is 5.56 Å². The van der Waals surface area contributed by atoms with Crippen LogP contribution in [0.3, 0.4) is 0 Å². The Balaban J connectivity index is 2.15. The van der Waals surface area contributed by atoms with Gasteiger partial charge >= 0.3 is 5.76 Å². The molecule has 0 spiro atoms. The Morgan fingerprint density at radius 2 is 2.16 bits per heavy atom. The number of nitrogens with zero attached hydrogens (tertiary/aromatic N) is 2. The van der Waals surface area contributed by atoms with Gasteiger partial charge in [-0.3, -0.25) is 9.78 Å². The molecule has 1 amide bonds. The molecular formula is C12H8N4O3. The summed E-state index contributed by atoms with van der Waals surface area (Å²) < 4.78 is 4.90. The molecule has 7 nitrogen and oxygen atoms in total. The molecule has 0 atom stereocenters. The summed E-state index contributed by atoms with van der Waals surface area (Å²) >= 11 is 0. The van der Waals surface area contributed by atoms with Gasteiger partial charge in [-0.2, -0.15) is 0 Å². The molecule has 3 aromatic rings. The highest BCUT2D eigenvalue weighted by Crippen LogP contribution is 2.21. The van der Waals surface area contributed by atoms with E-state index >= 15 is 0 Å². The van der Waals surface area contributed by atoms with Crippen LogP contribution < -0.4 is 11.5 Å². The zero-order valence-electron chi connectivity index (χ0n) is 9.58. The number of aromatic amines is 1. The number of fused-ring (bicyclic) bond motifs is 1. The largest absolute Gasteiger partial charge is 0.417 e. The highest BCUT2D eigenvalue weighted by Gasteiger charge is 2.08. The summed E-state index contributed by atoms with van der Waals surface area (Å²) in [6, 6.07) is 6.72. The van der Waals surface area contributed by atoms with E-state index in [0.29, 0.717) is 16.8 Å². The maximum atomic E-state index is 11.1. The van der Waals surface area contributed by atoms with E-state index in [2.05, 4.69) is 15.0 Å². The smallest absolute Gasteiger partial charge is 0.408 e. The number of oxazole rings is 1. The lowest BCUT2D eigenvalue weighted by atomic mass is 10.1. The Morgan fingerprint density at radius 1 is 1.32 bits per heavy atom. The first kappa shape index (κ1) is 11.1. The summed E-state index contributed by atoms with van der Waals surface area (Å²) in [5, 5.41) is 0. The predicted octanol–water partition coefficient (Wildman–Crippen LogP) is 0.677. The third kappa shape index (κ3) is 1.97. The van der Waals surface area contributed by atoms with Gasteiger partial charge in [0.25, 0.3) is 5.91 Å². The molecule has 2 aromatic heterocycles. The fourth-order valence-electron chi connectivity index (χ4n) is 1.75. The number of primary amides is 1. The van der Waals surface area contributed by atoms with Crippen LogP contribution in [0.4, 0.5) is 0 Å². The van der Waals surface area contributed by atoms with Crippen molar-refractivity contribution in [3.05, 3.63) is 46.8 Å². The van der Waals surface area contributed by atoms with Gasteiger partial charge in [0.05, 0.1) is 11.2 Å². The monoisotopic (exact) mass is 256 g/mol. The second-order valence-electron chi connectivity index (χ2n) is 3.86. The molecule has 0 aliphatic rings. The van der Waals surface area contributed by atoms with Gasteiger partial charge < -0.3 is 10.2 Å². The number of hydrogen-bond acceptors (Lipinski definition) is 5. The molecule has 7 heteroatoms. The van der Waals surface area contributed by atoms with Gasteiger partial charge in [-0.05, 0) is 24.3 Å². The van der Waals surface area contributed by atoms with Crippen LogP contribution in [0.5, 0.6) is 0 Å². The number of hydrogen-bond donors (Lipinski definition) is 2. The minimum atomic E-state index is -0.695. The zero-order chi connectivity index (χ0) is 13.4. The molecule has 0 aliphatic carbocycles. The molecule has 0 unspecified atom stereocenters. The summed E-state index contributed by atoms with van der Waals surface area (Å²) in [5.41, 5.74) is 7.39. The van der Waals surface area contributed by atoms with Crippen molar-refractivity contribution in [2.75, 3.05) is 0 Å². The highest BCUT2D eigenvalue weighted by atomic mass is 16.4. The molecular weight excluding hydrogens is 248 g/mol. The molecule has 0 aliphatic heterocycles. The molecule has 0 saturated heterocycles. The Bertz CT molecular complexity index is 834. The first-order chi connectivity index (χ1) is 9.13. The molecule has 0 fully saturated rings. The lowest BCUT2D eigenvalue weighted by Gasteiger charge is -2.01. The van der Waals surface area contributed by atoms with Crippen LogP contribution in [0.2, 0.25) is 0 Å². The molecule has 0 radical (unpaired) electrons. The van der Waals surface area contributed by atoms with E-state index < -0.39 is 11.7 Å². The fourth-order valence-corrected chi connectivity index (χ4v) is 1.75. The average Bonchev–Trinajstić information content (AvgIpc) is 2.77. The summed E-state index contributed by atoms with van der Waals surface area (Å²) in [7, 11) is 0. The minimum Gasteiger partial charge on any atom is -0.408 e. The van der Waals surface area contributed by atoms with Gasteiger partial charge in [0.2, 0.25) is 5.82 Å². The van der Waals surface area contributed by atoms with Gasteiger partial charge in [-0.25, -0.2) is 14.8 Å². The van der Waals surface area contributed by atoms with E-state index in [1.165, 1.54) is 6.20 Å². The van der Waals surface area contributed by atoms with Crippen LogP contribution in [-0.4, -0.2) is 20.9 Å². The normalized spacial score (nSPS) is 10.7. The van der Waals surface area contributed by atoms with Gasteiger partial charge in [0.15, 0.2) is 5.58 Å². The van der Waals surface area contributed by atoms with Crippen molar-refractivity contribution in [2.24, 2.45) is 5.73 Å². The number of benzene rings is 1. The summed E-state index contributed by atoms with van der Waals surface area (Å²) in [6.45, 7) is 0. The van der Waals surface area contributed by atoms with E-state index in [-0.39, 0.29) is 5.82 Å².